The van der Waals surface area contributed by atoms with Crippen molar-refractivity contribution in [2.75, 3.05) is 25.5 Å². The molecule has 4 rings (SSSR count). The van der Waals surface area contributed by atoms with Crippen molar-refractivity contribution in [2.45, 2.75) is 12.8 Å². The molecule has 1 saturated heterocycles. The largest absolute Gasteiger partial charge is 0.371 e. The Kier molecular flexibility index (Phi) is 6.90. The van der Waals surface area contributed by atoms with Crippen molar-refractivity contribution in [1.82, 2.24) is 24.6 Å². The minimum Gasteiger partial charge on any atom is -0.371 e. The molecule has 0 saturated carbocycles. The highest BCUT2D eigenvalue weighted by Gasteiger charge is 2.16. The third-order valence-corrected chi connectivity index (χ3v) is 4.98. The number of aryl methyl sites for hydroxylation is 1. The summed E-state index contributed by atoms with van der Waals surface area (Å²) in [5.41, 5.74) is 7.16. The first-order valence-corrected chi connectivity index (χ1v) is 9.95. The second kappa shape index (κ2) is 9.78. The van der Waals surface area contributed by atoms with E-state index in [0.717, 1.165) is 25.9 Å². The normalized spacial score (nSPS) is 12.5. The molecule has 32 heavy (non-hydrogen) atoms. The number of aromatic nitrogens is 4. The number of hydrogen-bond donors (Lipinski definition) is 3. The second-order valence-corrected chi connectivity index (χ2v) is 7.10. The first-order chi connectivity index (χ1) is 15.3. The van der Waals surface area contributed by atoms with Gasteiger partial charge in [0.05, 0.1) is 22.9 Å². The zero-order valence-electron chi connectivity index (χ0n) is 17.9. The first kappa shape index (κ1) is 22.6. The molecule has 9 nitrogen and oxygen atoms in total. The van der Waals surface area contributed by atoms with Gasteiger partial charge in [-0.05, 0) is 30.9 Å². The maximum absolute atomic E-state index is 14.1. The number of carbonyl (C=O) groups excluding carboxylic acids is 2. The van der Waals surface area contributed by atoms with Gasteiger partial charge in [0.25, 0.3) is 5.91 Å². The van der Waals surface area contributed by atoms with Crippen LogP contribution < -0.4 is 11.1 Å². The van der Waals surface area contributed by atoms with E-state index in [1.165, 1.54) is 12.1 Å². The molecule has 3 heterocycles. The van der Waals surface area contributed by atoms with Crippen molar-refractivity contribution >= 4 is 28.7 Å². The molecule has 0 unspecified atom stereocenters. The van der Waals surface area contributed by atoms with E-state index in [1.807, 2.05) is 4.90 Å². The third kappa shape index (κ3) is 4.78. The van der Waals surface area contributed by atoms with E-state index >= 15 is 0 Å². The number of amides is 2. The molecule has 0 aliphatic carbocycles. The Morgan fingerprint density at radius 3 is 2.66 bits per heavy atom. The van der Waals surface area contributed by atoms with Crippen molar-refractivity contribution < 1.29 is 14.0 Å². The van der Waals surface area contributed by atoms with Gasteiger partial charge >= 0.3 is 0 Å². The van der Waals surface area contributed by atoms with Gasteiger partial charge in [0.1, 0.15) is 17.1 Å². The predicted octanol–water partition coefficient (Wildman–Crippen LogP) is 1.77. The molecule has 2 amide bonds. The number of fused-ring (bicyclic) bond motifs is 1. The van der Waals surface area contributed by atoms with Crippen molar-refractivity contribution in [3.63, 3.8) is 0 Å². The molecule has 10 heteroatoms. The smallest absolute Gasteiger partial charge is 0.255 e. The summed E-state index contributed by atoms with van der Waals surface area (Å²) in [5.74, 6) is 4.60. The summed E-state index contributed by atoms with van der Waals surface area (Å²) < 4.78 is 15.9. The van der Waals surface area contributed by atoms with Gasteiger partial charge in [-0.2, -0.15) is 5.10 Å². The number of carbonyl (C=O) groups is 2. The minimum atomic E-state index is -0.673. The van der Waals surface area contributed by atoms with Crippen LogP contribution in [0.4, 0.5) is 10.2 Å². The minimum absolute atomic E-state index is 0.0764. The Balaban J connectivity index is 0.000000269. The monoisotopic (exact) mass is 437 g/mol. The lowest BCUT2D eigenvalue weighted by molar-refractivity contribution is -0.124. The molecule has 4 N–H and O–H groups in total. The molecular formula is C22H24FN7O2. The van der Waals surface area contributed by atoms with Crippen LogP contribution in [0, 0.1) is 17.7 Å². The fourth-order valence-electron chi connectivity index (χ4n) is 3.29. The fourth-order valence-corrected chi connectivity index (χ4v) is 3.29. The molecule has 1 fully saturated rings. The molecule has 0 atom stereocenters. The lowest BCUT2D eigenvalue weighted by atomic mass is 10.1. The number of benzene rings is 1. The SMILES string of the molecule is C=CC(=O)N1CCCC1.CNc1n[nH]c(C#Cc2cc3ncn(C)c3cc2F)c1C(N)=O. The highest BCUT2D eigenvalue weighted by molar-refractivity contribution is 5.99. The number of hydrogen-bond acceptors (Lipinski definition) is 5. The van der Waals surface area contributed by atoms with Gasteiger partial charge < -0.3 is 20.5 Å². The molecule has 1 aliphatic heterocycles. The van der Waals surface area contributed by atoms with E-state index in [9.17, 15) is 14.0 Å². The van der Waals surface area contributed by atoms with Crippen molar-refractivity contribution in [2.24, 2.45) is 12.8 Å². The van der Waals surface area contributed by atoms with Gasteiger partial charge in [-0.15, -0.1) is 0 Å². The van der Waals surface area contributed by atoms with E-state index in [1.54, 1.807) is 31.1 Å². The Labute approximate surface area is 184 Å². The summed E-state index contributed by atoms with van der Waals surface area (Å²) >= 11 is 0. The van der Waals surface area contributed by atoms with Crippen molar-refractivity contribution in [3.05, 3.63) is 53.8 Å². The Hall–Kier alpha value is -4.13. The van der Waals surface area contributed by atoms with Gasteiger partial charge in [0.15, 0.2) is 5.82 Å². The highest BCUT2D eigenvalue weighted by Crippen LogP contribution is 2.18. The van der Waals surface area contributed by atoms with Gasteiger partial charge in [0.2, 0.25) is 5.91 Å². The molecule has 3 aromatic rings. The average Bonchev–Trinajstić information content (AvgIpc) is 3.52. The lowest BCUT2D eigenvalue weighted by Crippen LogP contribution is -2.25. The number of imidazole rings is 1. The summed E-state index contributed by atoms with van der Waals surface area (Å²) in [6.45, 7) is 5.26. The first-order valence-electron chi connectivity index (χ1n) is 9.95. The molecule has 1 aromatic carbocycles. The van der Waals surface area contributed by atoms with Gasteiger partial charge in [-0.25, -0.2) is 9.37 Å². The lowest BCUT2D eigenvalue weighted by Gasteiger charge is -2.10. The van der Waals surface area contributed by atoms with Crippen LogP contribution in [0.25, 0.3) is 11.0 Å². The number of anilines is 1. The molecule has 0 radical (unpaired) electrons. The topological polar surface area (TPSA) is 122 Å². The number of nitrogens with two attached hydrogens (primary N) is 1. The quantitative estimate of drug-likeness (QED) is 0.426. The molecule has 0 spiro atoms. The highest BCUT2D eigenvalue weighted by atomic mass is 19.1. The van der Waals surface area contributed by atoms with Crippen LogP contribution in [0.2, 0.25) is 0 Å². The third-order valence-electron chi connectivity index (χ3n) is 4.98. The van der Waals surface area contributed by atoms with Gasteiger partial charge in [-0.1, -0.05) is 12.5 Å². The van der Waals surface area contributed by atoms with E-state index in [0.29, 0.717) is 16.9 Å². The van der Waals surface area contributed by atoms with Gasteiger partial charge in [0, 0.05) is 33.3 Å². The Morgan fingerprint density at radius 2 is 2.03 bits per heavy atom. The number of aromatic amines is 1. The van der Waals surface area contributed by atoms with Crippen molar-refractivity contribution in [1.29, 1.82) is 0 Å². The number of primary amides is 1. The van der Waals surface area contributed by atoms with E-state index < -0.39 is 11.7 Å². The fraction of sp³-hybridized carbons (Fsp3) is 0.273. The molecule has 1 aliphatic rings. The second-order valence-electron chi connectivity index (χ2n) is 7.10. The zero-order chi connectivity index (χ0) is 23.3. The van der Waals surface area contributed by atoms with E-state index in [4.69, 9.17) is 5.73 Å². The Bertz CT molecular complexity index is 1230. The summed E-state index contributed by atoms with van der Waals surface area (Å²) in [5, 5.41) is 9.24. The molecule has 2 aromatic heterocycles. The number of nitrogens with one attached hydrogen (secondary N) is 2. The van der Waals surface area contributed by atoms with Crippen LogP contribution in [0.1, 0.15) is 34.5 Å². The predicted molar refractivity (Wildman–Crippen MR) is 119 cm³/mol. The summed E-state index contributed by atoms with van der Waals surface area (Å²) in [7, 11) is 3.39. The maximum atomic E-state index is 14.1. The molecule has 0 bridgehead atoms. The van der Waals surface area contributed by atoms with Crippen LogP contribution in [-0.2, 0) is 11.8 Å². The maximum Gasteiger partial charge on any atom is 0.255 e. The standard InChI is InChI=1S/C15H13FN6O.C7H11NO/c1-18-15-13(14(17)23)10(20-21-15)4-3-8-5-11-12(6-9(8)16)22(2)7-19-11;1-2-7(9)8-5-3-4-6-8/h5-7H,1-2H3,(H2,17,23)(H2,18,20,21);2H,1,3-6H2. The van der Waals surface area contributed by atoms with E-state index in [-0.39, 0.29) is 22.7 Å². The number of nitrogens with zero attached hydrogens (tertiary/aromatic N) is 4. The van der Waals surface area contributed by atoms with Crippen LogP contribution in [0.3, 0.4) is 0 Å². The van der Waals surface area contributed by atoms with Crippen LogP contribution >= 0.6 is 0 Å². The van der Waals surface area contributed by atoms with Crippen LogP contribution in [0.5, 0.6) is 0 Å². The summed E-state index contributed by atoms with van der Waals surface area (Å²) in [4.78, 5) is 28.3. The molecular weight excluding hydrogens is 413 g/mol. The number of halogens is 1. The van der Waals surface area contributed by atoms with Crippen LogP contribution in [0.15, 0.2) is 31.1 Å². The summed E-state index contributed by atoms with van der Waals surface area (Å²) in [6, 6.07) is 2.92. The number of rotatable bonds is 3. The Morgan fingerprint density at radius 1 is 1.31 bits per heavy atom. The average molecular weight is 437 g/mol. The molecule has 166 valence electrons. The van der Waals surface area contributed by atoms with Gasteiger partial charge in [-0.3, -0.25) is 14.7 Å². The van der Waals surface area contributed by atoms with Crippen LogP contribution in [-0.4, -0.2) is 56.6 Å². The van der Waals surface area contributed by atoms with Crippen molar-refractivity contribution in [3.8, 4) is 11.8 Å². The number of H-pyrrole nitrogens is 1. The summed E-state index contributed by atoms with van der Waals surface area (Å²) in [6.07, 6.45) is 5.28. The number of likely N-dealkylation sites (tertiary alicyclic amines) is 1. The van der Waals surface area contributed by atoms with E-state index in [2.05, 4.69) is 38.9 Å². The zero-order valence-corrected chi connectivity index (χ0v) is 17.9.